The van der Waals surface area contributed by atoms with E-state index in [9.17, 15) is 9.59 Å². The van der Waals surface area contributed by atoms with E-state index in [4.69, 9.17) is 32.4 Å². The maximum Gasteiger partial charge on any atom is 0.313 e. The first kappa shape index (κ1) is 25.0. The number of hydrogen-bond acceptors (Lipinski definition) is 5. The van der Waals surface area contributed by atoms with E-state index < -0.39 is 11.8 Å². The number of aliphatic imine (C=N–C) groups is 1. The Balaban J connectivity index is 1.24. The zero-order chi connectivity index (χ0) is 25.3. The Labute approximate surface area is 217 Å². The van der Waals surface area contributed by atoms with Crippen molar-refractivity contribution in [3.8, 4) is 5.75 Å². The van der Waals surface area contributed by atoms with Crippen LogP contribution in [0.25, 0.3) is 0 Å². The lowest BCUT2D eigenvalue weighted by molar-refractivity contribution is -0.136. The lowest BCUT2D eigenvalue weighted by atomic mass is 10.2. The topological polar surface area (TPSA) is 92.9 Å². The van der Waals surface area contributed by atoms with Gasteiger partial charge in [0.05, 0.1) is 18.4 Å². The van der Waals surface area contributed by atoms with Crippen LogP contribution in [0.1, 0.15) is 17.1 Å². The molecule has 1 aromatic heterocycles. The fourth-order valence-electron chi connectivity index (χ4n) is 3.13. The average molecular weight is 522 g/mol. The molecule has 4 aromatic rings. The molecule has 7 nitrogen and oxygen atoms in total. The summed E-state index contributed by atoms with van der Waals surface area (Å²) in [5, 5.41) is 5.62. The van der Waals surface area contributed by atoms with E-state index in [2.05, 4.69) is 15.6 Å². The van der Waals surface area contributed by atoms with Crippen LogP contribution < -0.4 is 15.4 Å². The van der Waals surface area contributed by atoms with Gasteiger partial charge >= 0.3 is 11.8 Å². The van der Waals surface area contributed by atoms with Crippen molar-refractivity contribution in [3.63, 3.8) is 0 Å². The first-order chi connectivity index (χ1) is 17.4. The fraction of sp³-hybridized carbons (Fsp3) is 0.0741. The van der Waals surface area contributed by atoms with Crippen LogP contribution in [-0.4, -0.2) is 18.0 Å². The Morgan fingerprint density at radius 3 is 2.33 bits per heavy atom. The van der Waals surface area contributed by atoms with Gasteiger partial charge in [0.1, 0.15) is 23.9 Å². The van der Waals surface area contributed by atoms with Gasteiger partial charge in [-0.25, -0.2) is 0 Å². The zero-order valence-corrected chi connectivity index (χ0v) is 20.4. The smallest absolute Gasteiger partial charge is 0.313 e. The van der Waals surface area contributed by atoms with Crippen molar-refractivity contribution in [2.24, 2.45) is 4.99 Å². The normalized spacial score (nSPS) is 10.8. The largest absolute Gasteiger partial charge is 0.489 e. The number of furan rings is 1. The van der Waals surface area contributed by atoms with Crippen LogP contribution in [-0.2, 0) is 22.7 Å². The molecule has 0 fully saturated rings. The molecule has 0 aliphatic rings. The summed E-state index contributed by atoms with van der Waals surface area (Å²) in [5.41, 5.74) is 2.14. The lowest BCUT2D eigenvalue weighted by Crippen LogP contribution is -2.34. The summed E-state index contributed by atoms with van der Waals surface area (Å²) in [6.07, 6.45) is 1.57. The van der Waals surface area contributed by atoms with Crippen molar-refractivity contribution in [1.29, 1.82) is 0 Å². The minimum atomic E-state index is -0.849. The van der Waals surface area contributed by atoms with Gasteiger partial charge in [-0.3, -0.25) is 14.6 Å². The number of carbonyl (C=O) groups excluding carboxylic acids is 2. The van der Waals surface area contributed by atoms with Crippen molar-refractivity contribution in [3.05, 3.63) is 112 Å². The van der Waals surface area contributed by atoms with Crippen LogP contribution in [0, 0.1) is 0 Å². The Hall–Kier alpha value is -4.07. The molecule has 0 atom stereocenters. The molecule has 2 amide bonds. The summed E-state index contributed by atoms with van der Waals surface area (Å²) < 4.78 is 11.4. The number of amides is 2. The first-order valence-electron chi connectivity index (χ1n) is 10.9. The molecule has 4 rings (SSSR count). The number of nitrogens with one attached hydrogen (secondary N) is 2. The van der Waals surface area contributed by atoms with Crippen LogP contribution in [0.2, 0.25) is 10.0 Å². The van der Waals surface area contributed by atoms with Gasteiger partial charge in [-0.15, -0.1) is 0 Å². The van der Waals surface area contributed by atoms with E-state index >= 15 is 0 Å². The Morgan fingerprint density at radius 2 is 1.61 bits per heavy atom. The molecule has 1 heterocycles. The number of ether oxygens (including phenoxy) is 1. The standard InChI is InChI=1S/C27H21Cl2N3O4/c28-19-12-20(29)14-22(13-19)32-27(34)26(33)31-16-25-11-10-24(36-25)15-30-21-6-8-23(9-7-21)35-17-18-4-2-1-3-5-18/h1-15H,16-17H2,(H,31,33)(H,32,34). The highest BCUT2D eigenvalue weighted by molar-refractivity contribution is 6.40. The summed E-state index contributed by atoms with van der Waals surface area (Å²) in [5.74, 6) is 0.0382. The molecule has 182 valence electrons. The van der Waals surface area contributed by atoms with Crippen molar-refractivity contribution < 1.29 is 18.7 Å². The van der Waals surface area contributed by atoms with E-state index in [1.54, 1.807) is 18.3 Å². The van der Waals surface area contributed by atoms with Gasteiger partial charge in [0.25, 0.3) is 0 Å². The predicted molar refractivity (Wildman–Crippen MR) is 140 cm³/mol. The molecule has 0 aliphatic carbocycles. The second kappa shape index (κ2) is 12.1. The van der Waals surface area contributed by atoms with E-state index in [0.29, 0.717) is 33.9 Å². The third-order valence-corrected chi connectivity index (χ3v) is 5.29. The molecule has 0 saturated heterocycles. The van der Waals surface area contributed by atoms with Crippen LogP contribution in [0.4, 0.5) is 11.4 Å². The predicted octanol–water partition coefficient (Wildman–Crippen LogP) is 6.17. The van der Waals surface area contributed by atoms with Crippen LogP contribution in [0.5, 0.6) is 5.75 Å². The molecule has 0 aliphatic heterocycles. The highest BCUT2D eigenvalue weighted by Gasteiger charge is 2.15. The quantitative estimate of drug-likeness (QED) is 0.214. The van der Waals surface area contributed by atoms with Crippen LogP contribution in [0.3, 0.4) is 0 Å². The maximum atomic E-state index is 12.1. The molecular weight excluding hydrogens is 501 g/mol. The van der Waals surface area contributed by atoms with Gasteiger partial charge in [0, 0.05) is 15.7 Å². The summed E-state index contributed by atoms with van der Waals surface area (Å²) in [6, 6.07) is 25.2. The lowest BCUT2D eigenvalue weighted by Gasteiger charge is -2.06. The fourth-order valence-corrected chi connectivity index (χ4v) is 3.65. The number of halogens is 2. The van der Waals surface area contributed by atoms with Crippen LogP contribution >= 0.6 is 23.2 Å². The monoisotopic (exact) mass is 521 g/mol. The Kier molecular flexibility index (Phi) is 8.39. The molecule has 9 heteroatoms. The third kappa shape index (κ3) is 7.46. The van der Waals surface area contributed by atoms with Gasteiger partial charge in [0.15, 0.2) is 0 Å². The summed E-state index contributed by atoms with van der Waals surface area (Å²) >= 11 is 11.8. The highest BCUT2D eigenvalue weighted by atomic mass is 35.5. The SMILES string of the molecule is O=C(NCc1ccc(C=Nc2ccc(OCc3ccccc3)cc2)o1)C(=O)Nc1cc(Cl)cc(Cl)c1. The third-order valence-electron chi connectivity index (χ3n) is 4.86. The molecule has 0 unspecified atom stereocenters. The highest BCUT2D eigenvalue weighted by Crippen LogP contribution is 2.22. The van der Waals surface area contributed by atoms with Gasteiger partial charge in [0.2, 0.25) is 0 Å². The van der Waals surface area contributed by atoms with E-state index in [1.807, 2.05) is 54.6 Å². The van der Waals surface area contributed by atoms with Crippen molar-refractivity contribution in [2.75, 3.05) is 5.32 Å². The zero-order valence-electron chi connectivity index (χ0n) is 18.9. The van der Waals surface area contributed by atoms with Gasteiger partial charge in [-0.1, -0.05) is 53.5 Å². The van der Waals surface area contributed by atoms with Gasteiger partial charge < -0.3 is 19.8 Å². The number of nitrogens with zero attached hydrogens (tertiary/aromatic N) is 1. The van der Waals surface area contributed by atoms with E-state index in [-0.39, 0.29) is 6.54 Å². The summed E-state index contributed by atoms with van der Waals surface area (Å²) in [4.78, 5) is 28.6. The minimum absolute atomic E-state index is 0.0316. The number of hydrogen-bond donors (Lipinski definition) is 2. The van der Waals surface area contributed by atoms with Crippen molar-refractivity contribution in [2.45, 2.75) is 13.2 Å². The molecule has 3 aromatic carbocycles. The Bertz CT molecular complexity index is 1350. The average Bonchev–Trinajstić information content (AvgIpc) is 3.33. The number of rotatable bonds is 8. The molecule has 2 N–H and O–H groups in total. The number of benzene rings is 3. The molecular formula is C27H21Cl2N3O4. The molecule has 36 heavy (non-hydrogen) atoms. The molecule has 0 spiro atoms. The van der Waals surface area contributed by atoms with Crippen molar-refractivity contribution in [1.82, 2.24) is 5.32 Å². The minimum Gasteiger partial charge on any atom is -0.489 e. The molecule has 0 saturated carbocycles. The maximum absolute atomic E-state index is 12.1. The van der Waals surface area contributed by atoms with Gasteiger partial charge in [-0.05, 0) is 60.2 Å². The first-order valence-corrected chi connectivity index (χ1v) is 11.6. The second-order valence-corrected chi connectivity index (χ2v) is 8.50. The van der Waals surface area contributed by atoms with Gasteiger partial charge in [-0.2, -0.15) is 0 Å². The van der Waals surface area contributed by atoms with Crippen molar-refractivity contribution >= 4 is 52.6 Å². The number of carbonyl (C=O) groups is 2. The molecule has 0 bridgehead atoms. The summed E-state index contributed by atoms with van der Waals surface area (Å²) in [6.45, 7) is 0.523. The Morgan fingerprint density at radius 1 is 0.889 bits per heavy atom. The number of anilines is 1. The van der Waals surface area contributed by atoms with E-state index in [0.717, 1.165) is 17.0 Å². The molecule has 0 radical (unpaired) electrons. The second-order valence-electron chi connectivity index (χ2n) is 7.63. The van der Waals surface area contributed by atoms with Crippen LogP contribution in [0.15, 0.2) is 94.3 Å². The van der Waals surface area contributed by atoms with E-state index in [1.165, 1.54) is 18.2 Å². The summed E-state index contributed by atoms with van der Waals surface area (Å²) in [7, 11) is 0.